The highest BCUT2D eigenvalue weighted by atomic mass is 32.2. The molecule has 0 spiro atoms. The van der Waals surface area contributed by atoms with Gasteiger partial charge in [-0.1, -0.05) is 12.1 Å². The van der Waals surface area contributed by atoms with E-state index in [1.54, 1.807) is 32.4 Å². The summed E-state index contributed by atoms with van der Waals surface area (Å²) >= 11 is 0. The minimum Gasteiger partial charge on any atom is -0.385 e. The first-order valence-electron chi connectivity index (χ1n) is 7.90. The summed E-state index contributed by atoms with van der Waals surface area (Å²) in [4.78, 5) is 14.2. The van der Waals surface area contributed by atoms with E-state index in [0.29, 0.717) is 45.9 Å². The molecule has 0 aliphatic carbocycles. The van der Waals surface area contributed by atoms with Gasteiger partial charge in [0, 0.05) is 40.4 Å². The molecule has 1 heterocycles. The molecule has 7 nitrogen and oxygen atoms in total. The van der Waals surface area contributed by atoms with Crippen molar-refractivity contribution in [2.75, 3.05) is 53.6 Å². The van der Waals surface area contributed by atoms with Crippen molar-refractivity contribution in [2.24, 2.45) is 0 Å². The van der Waals surface area contributed by atoms with E-state index in [0.717, 1.165) is 0 Å². The average molecular weight is 356 g/mol. The van der Waals surface area contributed by atoms with E-state index in [-0.39, 0.29) is 16.4 Å². The van der Waals surface area contributed by atoms with Gasteiger partial charge in [0.2, 0.25) is 10.0 Å². The van der Waals surface area contributed by atoms with Crippen molar-refractivity contribution in [2.45, 2.75) is 11.3 Å². The fraction of sp³-hybridized carbons (Fsp3) is 0.562. The Balaban J connectivity index is 2.24. The van der Waals surface area contributed by atoms with Gasteiger partial charge in [0.15, 0.2) is 0 Å². The van der Waals surface area contributed by atoms with E-state index in [1.807, 2.05) is 0 Å². The lowest BCUT2D eigenvalue weighted by Crippen LogP contribution is -2.41. The Hall–Kier alpha value is -1.48. The molecule has 1 saturated heterocycles. The molecule has 1 amide bonds. The highest BCUT2D eigenvalue weighted by molar-refractivity contribution is 7.89. The molecule has 1 aromatic rings. The van der Waals surface area contributed by atoms with E-state index in [2.05, 4.69) is 0 Å². The van der Waals surface area contributed by atoms with Crippen molar-refractivity contribution in [3.8, 4) is 0 Å². The smallest absolute Gasteiger partial charge is 0.254 e. The van der Waals surface area contributed by atoms with Gasteiger partial charge in [0.05, 0.1) is 23.7 Å². The van der Waals surface area contributed by atoms with E-state index < -0.39 is 10.0 Å². The lowest BCUT2D eigenvalue weighted by Gasteiger charge is -2.27. The molecular weight excluding hydrogens is 332 g/mol. The van der Waals surface area contributed by atoms with Gasteiger partial charge in [-0.25, -0.2) is 8.42 Å². The van der Waals surface area contributed by atoms with Crippen molar-refractivity contribution in [3.05, 3.63) is 29.8 Å². The van der Waals surface area contributed by atoms with Crippen LogP contribution < -0.4 is 0 Å². The van der Waals surface area contributed by atoms with Crippen LogP contribution in [0.2, 0.25) is 0 Å². The zero-order chi connectivity index (χ0) is 17.6. The lowest BCUT2D eigenvalue weighted by atomic mass is 10.2. The molecule has 24 heavy (non-hydrogen) atoms. The van der Waals surface area contributed by atoms with Gasteiger partial charge in [0.1, 0.15) is 0 Å². The van der Waals surface area contributed by atoms with Crippen LogP contribution in [0, 0.1) is 0 Å². The largest absolute Gasteiger partial charge is 0.385 e. The van der Waals surface area contributed by atoms with Crippen LogP contribution in [0.4, 0.5) is 0 Å². The second-order valence-corrected chi connectivity index (χ2v) is 7.49. The molecule has 8 heteroatoms. The molecule has 0 aromatic heterocycles. The molecule has 0 saturated carbocycles. The Morgan fingerprint density at radius 3 is 2.62 bits per heavy atom. The number of carbonyl (C=O) groups excluding carboxylic acids is 1. The molecule has 2 rings (SSSR count). The van der Waals surface area contributed by atoms with Crippen molar-refractivity contribution < 1.29 is 22.7 Å². The number of ether oxygens (including phenoxy) is 2. The summed E-state index contributed by atoms with van der Waals surface area (Å²) in [5.74, 6) is -0.307. The van der Waals surface area contributed by atoms with Crippen molar-refractivity contribution in [3.63, 3.8) is 0 Å². The van der Waals surface area contributed by atoms with Crippen LogP contribution in [-0.2, 0) is 19.5 Å². The standard InChI is InChI=1S/C16H24N2O5S/c1-17(8-5-11-22-2)16(19)14-6-3-4-7-15(14)24(20,21)18-9-12-23-13-10-18/h3-4,6-7H,5,8-13H2,1-2H3. The Morgan fingerprint density at radius 1 is 1.29 bits per heavy atom. The first kappa shape index (κ1) is 18.9. The van der Waals surface area contributed by atoms with Crippen LogP contribution in [0.3, 0.4) is 0 Å². The van der Waals surface area contributed by atoms with Gasteiger partial charge >= 0.3 is 0 Å². The molecular formula is C16H24N2O5S. The summed E-state index contributed by atoms with van der Waals surface area (Å²) in [5.41, 5.74) is 0.198. The summed E-state index contributed by atoms with van der Waals surface area (Å²) in [7, 11) is -0.449. The quantitative estimate of drug-likeness (QED) is 0.676. The monoisotopic (exact) mass is 356 g/mol. The molecule has 0 bridgehead atoms. The number of amides is 1. The molecule has 0 radical (unpaired) electrons. The Morgan fingerprint density at radius 2 is 1.96 bits per heavy atom. The van der Waals surface area contributed by atoms with Crippen LogP contribution in [0.1, 0.15) is 16.8 Å². The van der Waals surface area contributed by atoms with Crippen LogP contribution >= 0.6 is 0 Å². The number of hydrogen-bond donors (Lipinski definition) is 0. The van der Waals surface area contributed by atoms with Gasteiger partial charge < -0.3 is 14.4 Å². The Bertz CT molecular complexity index is 656. The van der Waals surface area contributed by atoms with Crippen LogP contribution in [0.5, 0.6) is 0 Å². The normalized spacial score (nSPS) is 16.1. The van der Waals surface area contributed by atoms with Gasteiger partial charge in [-0.15, -0.1) is 0 Å². The lowest BCUT2D eigenvalue weighted by molar-refractivity contribution is 0.0727. The number of rotatable bonds is 7. The fourth-order valence-electron chi connectivity index (χ4n) is 2.55. The summed E-state index contributed by atoms with van der Waals surface area (Å²) in [6.07, 6.45) is 0.692. The van der Waals surface area contributed by atoms with Gasteiger partial charge in [-0.2, -0.15) is 4.31 Å². The molecule has 1 aliphatic rings. The minimum atomic E-state index is -3.72. The Kier molecular flexibility index (Phi) is 6.73. The zero-order valence-corrected chi connectivity index (χ0v) is 14.9. The molecule has 134 valence electrons. The molecule has 1 aromatic carbocycles. The van der Waals surface area contributed by atoms with Crippen molar-refractivity contribution >= 4 is 15.9 Å². The van der Waals surface area contributed by atoms with Gasteiger partial charge in [-0.05, 0) is 18.6 Å². The van der Waals surface area contributed by atoms with Crippen molar-refractivity contribution in [1.82, 2.24) is 9.21 Å². The summed E-state index contributed by atoms with van der Waals surface area (Å²) in [6.45, 7) is 2.38. The number of benzene rings is 1. The van der Waals surface area contributed by atoms with E-state index in [4.69, 9.17) is 9.47 Å². The van der Waals surface area contributed by atoms with Gasteiger partial charge in [0.25, 0.3) is 5.91 Å². The molecule has 0 N–H and O–H groups in total. The van der Waals surface area contributed by atoms with Crippen LogP contribution in [0.15, 0.2) is 29.2 Å². The third-order valence-electron chi connectivity index (χ3n) is 3.89. The third-order valence-corrected chi connectivity index (χ3v) is 5.85. The van der Waals surface area contributed by atoms with Gasteiger partial charge in [-0.3, -0.25) is 4.79 Å². The second-order valence-electron chi connectivity index (χ2n) is 5.59. The molecule has 0 atom stereocenters. The first-order chi connectivity index (χ1) is 11.5. The summed E-state index contributed by atoms with van der Waals surface area (Å²) in [5, 5.41) is 0. The highest BCUT2D eigenvalue weighted by Crippen LogP contribution is 2.22. The van der Waals surface area contributed by atoms with Crippen LogP contribution in [-0.4, -0.2) is 77.1 Å². The zero-order valence-electron chi connectivity index (χ0n) is 14.1. The van der Waals surface area contributed by atoms with E-state index in [1.165, 1.54) is 15.3 Å². The Labute approximate surface area is 143 Å². The topological polar surface area (TPSA) is 76.2 Å². The van der Waals surface area contributed by atoms with Crippen LogP contribution in [0.25, 0.3) is 0 Å². The predicted molar refractivity (Wildman–Crippen MR) is 89.5 cm³/mol. The average Bonchev–Trinajstić information content (AvgIpc) is 2.62. The summed E-state index contributed by atoms with van der Waals surface area (Å²) in [6, 6.07) is 6.35. The third kappa shape index (κ3) is 4.32. The second kappa shape index (κ2) is 8.57. The maximum Gasteiger partial charge on any atom is 0.254 e. The van der Waals surface area contributed by atoms with E-state index in [9.17, 15) is 13.2 Å². The SMILES string of the molecule is COCCCN(C)C(=O)c1ccccc1S(=O)(=O)N1CCOCC1. The summed E-state index contributed by atoms with van der Waals surface area (Å²) < 4.78 is 37.3. The van der Waals surface area contributed by atoms with Crippen molar-refractivity contribution in [1.29, 1.82) is 0 Å². The first-order valence-corrected chi connectivity index (χ1v) is 9.34. The number of sulfonamides is 1. The minimum absolute atomic E-state index is 0.0514. The number of methoxy groups -OCH3 is 1. The number of carbonyl (C=O) groups is 1. The predicted octanol–water partition coefficient (Wildman–Crippen LogP) is 0.816. The maximum atomic E-state index is 12.9. The number of nitrogens with zero attached hydrogens (tertiary/aromatic N) is 2. The van der Waals surface area contributed by atoms with E-state index >= 15 is 0 Å². The molecule has 1 aliphatic heterocycles. The fourth-order valence-corrected chi connectivity index (χ4v) is 4.14. The number of morpholine rings is 1. The highest BCUT2D eigenvalue weighted by Gasteiger charge is 2.30. The molecule has 1 fully saturated rings. The molecule has 0 unspecified atom stereocenters. The number of hydrogen-bond acceptors (Lipinski definition) is 5. The maximum absolute atomic E-state index is 12.9.